The van der Waals surface area contributed by atoms with Gasteiger partial charge in [-0.2, -0.15) is 0 Å². The van der Waals surface area contributed by atoms with E-state index in [9.17, 15) is 32.8 Å². The summed E-state index contributed by atoms with van der Waals surface area (Å²) in [6.45, 7) is 6.09. The largest absolute Gasteiger partial charge is 0.759 e. The number of thioether (sulfide) groups is 1. The SMILES string of the molecule is CC(C)CN(Cc1ccccc1-c1ccccc1)[C@@H]1C[C@@H](CNC(=O)/C=C/c2ccc(CC3SC(=O)NC3=O)cc2)N(C(=O)c2ccccc2C(=O)c2ccc(F)cc2F)C1.O=S(=O)([O-])[O-]. The monoisotopic (exact) mass is 936 g/mol. The highest BCUT2D eigenvalue weighted by Gasteiger charge is 2.40. The molecule has 5 aromatic rings. The molecule has 66 heavy (non-hydrogen) atoms. The second-order valence-electron chi connectivity index (χ2n) is 16.2. The molecule has 13 nitrogen and oxygen atoms in total. The van der Waals surface area contributed by atoms with Crippen molar-refractivity contribution in [3.8, 4) is 11.1 Å². The minimum Gasteiger partial charge on any atom is -0.759 e. The van der Waals surface area contributed by atoms with Crippen LogP contribution in [0.25, 0.3) is 17.2 Å². The molecule has 2 heterocycles. The van der Waals surface area contributed by atoms with Crippen molar-refractivity contribution in [1.29, 1.82) is 0 Å². The van der Waals surface area contributed by atoms with E-state index in [-0.39, 0.29) is 46.3 Å². The first-order valence-electron chi connectivity index (χ1n) is 20.9. The fourth-order valence-corrected chi connectivity index (χ4v) is 8.84. The number of hydrogen-bond donors (Lipinski definition) is 2. The smallest absolute Gasteiger partial charge is 0.286 e. The highest BCUT2D eigenvalue weighted by atomic mass is 32.3. The number of hydrogen-bond acceptors (Lipinski definition) is 11. The number of ketones is 1. The van der Waals surface area contributed by atoms with E-state index in [1.165, 1.54) is 18.2 Å². The molecular formula is C49H46F2N4O9S2-2. The molecule has 17 heteroatoms. The molecule has 2 aliphatic rings. The summed E-state index contributed by atoms with van der Waals surface area (Å²) in [6, 6.07) is 34.2. The Morgan fingerprint density at radius 2 is 1.53 bits per heavy atom. The van der Waals surface area contributed by atoms with Gasteiger partial charge in [0, 0.05) is 60.3 Å². The molecule has 0 saturated carbocycles. The minimum atomic E-state index is -5.17. The van der Waals surface area contributed by atoms with Crippen molar-refractivity contribution in [3.05, 3.63) is 172 Å². The van der Waals surface area contributed by atoms with Gasteiger partial charge in [0.1, 0.15) is 11.6 Å². The van der Waals surface area contributed by atoms with E-state index in [0.29, 0.717) is 37.9 Å². The minimum absolute atomic E-state index is 0.00669. The number of nitrogens with one attached hydrogen (secondary N) is 2. The first kappa shape index (κ1) is 49.1. The number of rotatable bonds is 15. The van der Waals surface area contributed by atoms with E-state index in [0.717, 1.165) is 58.3 Å². The van der Waals surface area contributed by atoms with Gasteiger partial charge >= 0.3 is 0 Å². The van der Waals surface area contributed by atoms with Crippen LogP contribution in [0.15, 0.2) is 127 Å². The molecule has 0 aliphatic carbocycles. The van der Waals surface area contributed by atoms with Crippen molar-refractivity contribution in [2.45, 2.75) is 50.6 Å². The number of benzene rings is 5. The van der Waals surface area contributed by atoms with Gasteiger partial charge in [-0.25, -0.2) is 8.78 Å². The Bertz CT molecular complexity index is 2710. The van der Waals surface area contributed by atoms with E-state index in [1.54, 1.807) is 23.1 Å². The molecule has 5 aromatic carbocycles. The lowest BCUT2D eigenvalue weighted by Crippen LogP contribution is -2.44. The lowest BCUT2D eigenvalue weighted by Gasteiger charge is -2.31. The molecular weight excluding hydrogens is 891 g/mol. The summed E-state index contributed by atoms with van der Waals surface area (Å²) in [7, 11) is -5.17. The highest BCUT2D eigenvalue weighted by molar-refractivity contribution is 8.15. The molecule has 2 fully saturated rings. The van der Waals surface area contributed by atoms with Crippen LogP contribution in [-0.2, 0) is 33.0 Å². The number of imide groups is 1. The molecule has 0 aromatic heterocycles. The molecule has 344 valence electrons. The van der Waals surface area contributed by atoms with Gasteiger partial charge in [0.25, 0.3) is 11.1 Å². The Morgan fingerprint density at radius 1 is 0.879 bits per heavy atom. The second kappa shape index (κ2) is 22.2. The van der Waals surface area contributed by atoms with E-state index >= 15 is 0 Å². The Hall–Kier alpha value is -6.37. The molecule has 3 atom stereocenters. The molecule has 0 radical (unpaired) electrons. The van der Waals surface area contributed by atoms with Crippen molar-refractivity contribution in [3.63, 3.8) is 0 Å². The van der Waals surface area contributed by atoms with Gasteiger partial charge in [0.2, 0.25) is 11.8 Å². The van der Waals surface area contributed by atoms with Gasteiger partial charge in [-0.05, 0) is 70.9 Å². The zero-order valence-electron chi connectivity index (χ0n) is 35.9. The van der Waals surface area contributed by atoms with Crippen LogP contribution in [0, 0.1) is 17.6 Å². The third kappa shape index (κ3) is 13.6. The van der Waals surface area contributed by atoms with Crippen LogP contribution in [0.5, 0.6) is 0 Å². The van der Waals surface area contributed by atoms with Crippen molar-refractivity contribution >= 4 is 57.0 Å². The van der Waals surface area contributed by atoms with Gasteiger partial charge in [-0.15, -0.1) is 0 Å². The van der Waals surface area contributed by atoms with Gasteiger partial charge in [-0.1, -0.05) is 123 Å². The quantitative estimate of drug-likeness (QED) is 0.0475. The summed E-state index contributed by atoms with van der Waals surface area (Å²) < 4.78 is 62.7. The topological polar surface area (TPSA) is 196 Å². The maximum Gasteiger partial charge on any atom is 0.286 e. The Labute approximate surface area is 385 Å². The highest BCUT2D eigenvalue weighted by Crippen LogP contribution is 2.31. The van der Waals surface area contributed by atoms with Crippen molar-refractivity contribution in [2.24, 2.45) is 5.92 Å². The molecule has 0 bridgehead atoms. The maximum absolute atomic E-state index is 14.9. The van der Waals surface area contributed by atoms with Gasteiger partial charge in [0.15, 0.2) is 5.78 Å². The van der Waals surface area contributed by atoms with Gasteiger partial charge in [0.05, 0.1) is 22.4 Å². The zero-order chi connectivity index (χ0) is 47.5. The summed E-state index contributed by atoms with van der Waals surface area (Å²) in [4.78, 5) is 69.4. The van der Waals surface area contributed by atoms with E-state index in [1.807, 2.05) is 54.6 Å². The predicted octanol–water partition coefficient (Wildman–Crippen LogP) is 6.99. The number of nitrogens with zero attached hydrogens (tertiary/aromatic N) is 2. The van der Waals surface area contributed by atoms with Crippen molar-refractivity contribution in [1.82, 2.24) is 20.4 Å². The van der Waals surface area contributed by atoms with Crippen LogP contribution in [0.4, 0.5) is 13.6 Å². The van der Waals surface area contributed by atoms with Crippen molar-refractivity contribution < 1.29 is 50.3 Å². The lowest BCUT2D eigenvalue weighted by molar-refractivity contribution is -0.119. The molecule has 0 spiro atoms. The summed E-state index contributed by atoms with van der Waals surface area (Å²) in [5, 5.41) is 4.46. The van der Waals surface area contributed by atoms with Crippen LogP contribution in [0.2, 0.25) is 0 Å². The number of likely N-dealkylation sites (tertiary alicyclic amines) is 1. The lowest BCUT2D eigenvalue weighted by atomic mass is 9.97. The second-order valence-corrected chi connectivity index (χ2v) is 18.2. The number of carbonyl (C=O) groups excluding carboxylic acids is 5. The van der Waals surface area contributed by atoms with Crippen LogP contribution in [0.3, 0.4) is 0 Å². The third-order valence-electron chi connectivity index (χ3n) is 10.9. The number of halogens is 2. The number of amides is 4. The molecule has 7 rings (SSSR count). The van der Waals surface area contributed by atoms with Gasteiger partial charge < -0.3 is 19.3 Å². The van der Waals surface area contributed by atoms with Crippen LogP contribution in [-0.4, -0.2) is 93.0 Å². The Morgan fingerprint density at radius 3 is 2.18 bits per heavy atom. The fourth-order valence-electron chi connectivity index (χ4n) is 7.98. The van der Waals surface area contributed by atoms with Crippen LogP contribution in [0.1, 0.15) is 63.2 Å². The summed E-state index contributed by atoms with van der Waals surface area (Å²) >= 11 is 0.975. The molecule has 2 N–H and O–H groups in total. The fraction of sp³-hybridized carbons (Fsp3) is 0.245. The summed E-state index contributed by atoms with van der Waals surface area (Å²) in [5.41, 5.74) is 4.73. The average Bonchev–Trinajstić information content (AvgIpc) is 3.85. The Balaban J connectivity index is 0.00000137. The van der Waals surface area contributed by atoms with E-state index in [4.69, 9.17) is 17.5 Å². The maximum atomic E-state index is 14.9. The summed E-state index contributed by atoms with van der Waals surface area (Å²) in [6.07, 6.45) is 4.03. The standard InChI is InChI=1S/C49H46F2N4O5S.H2O4S/c1-31(2)28-54(29-35-12-6-7-13-39(35)34-10-4-3-5-11-34)38-26-37(27-52-45(56)23-20-32-16-18-33(19-17-32)24-44-47(58)53-49(60)61-44)55(30-38)48(59)41-15-9-8-14-40(41)46(57)42-22-21-36(50)25-43(42)51;1-5(2,3)4/h3-23,25,31,37-38,44H,24,26-30H2,1-2H3,(H,52,56)(H,53,58,60);(H2,1,2,3,4)/p-2/b23-20+;/t37-,38+,44?;/m0./s1. The Kier molecular flexibility index (Phi) is 16.5. The van der Waals surface area contributed by atoms with Crippen molar-refractivity contribution in [2.75, 3.05) is 19.6 Å². The summed E-state index contributed by atoms with van der Waals surface area (Å²) in [5.74, 6) is -3.39. The normalized spacial score (nSPS) is 17.2. The van der Waals surface area contributed by atoms with E-state index in [2.05, 4.69) is 53.6 Å². The third-order valence-corrected chi connectivity index (χ3v) is 11.9. The zero-order valence-corrected chi connectivity index (χ0v) is 37.5. The number of carbonyl (C=O) groups is 5. The molecule has 2 saturated heterocycles. The predicted molar refractivity (Wildman–Crippen MR) is 244 cm³/mol. The van der Waals surface area contributed by atoms with Crippen LogP contribution >= 0.6 is 11.8 Å². The molecule has 1 unspecified atom stereocenters. The molecule has 4 amide bonds. The van der Waals surface area contributed by atoms with E-state index < -0.39 is 45.0 Å². The van der Waals surface area contributed by atoms with Crippen LogP contribution < -0.4 is 10.6 Å². The van der Waals surface area contributed by atoms with Gasteiger partial charge in [-0.3, -0.25) is 42.6 Å². The average molecular weight is 937 g/mol. The molecule has 2 aliphatic heterocycles. The first-order valence-corrected chi connectivity index (χ1v) is 23.1. The first-order chi connectivity index (χ1) is 31.4.